The summed E-state index contributed by atoms with van der Waals surface area (Å²) in [5.41, 5.74) is 0.566. The Balaban J connectivity index is 0.000000336. The molecule has 1 heterocycles. The lowest BCUT2D eigenvalue weighted by Crippen LogP contribution is -2.61. The summed E-state index contributed by atoms with van der Waals surface area (Å²) in [5.74, 6) is 0.791. The van der Waals surface area contributed by atoms with E-state index in [1.807, 2.05) is 13.8 Å². The highest BCUT2D eigenvalue weighted by molar-refractivity contribution is 5.79. The molecule has 1 aliphatic carbocycles. The summed E-state index contributed by atoms with van der Waals surface area (Å²) in [6.07, 6.45) is 2.30. The molecule has 1 saturated carbocycles. The van der Waals surface area contributed by atoms with Gasteiger partial charge in [-0.15, -0.1) is 0 Å². The summed E-state index contributed by atoms with van der Waals surface area (Å²) >= 11 is 0. The Morgan fingerprint density at radius 1 is 1.33 bits per heavy atom. The lowest BCUT2D eigenvalue weighted by Gasteiger charge is -2.53. The topological polar surface area (TPSA) is 29.1 Å². The number of ketones is 1. The van der Waals surface area contributed by atoms with Crippen molar-refractivity contribution in [1.29, 1.82) is 0 Å². The van der Waals surface area contributed by atoms with Gasteiger partial charge < -0.3 is 5.32 Å². The SMILES string of the molecule is CC.CC(=O)C1CC2(CNC2)C1. The maximum atomic E-state index is 10.8. The van der Waals surface area contributed by atoms with E-state index in [-0.39, 0.29) is 0 Å². The smallest absolute Gasteiger partial charge is 0.132 e. The Hall–Kier alpha value is -0.370. The molecule has 0 aromatic carbocycles. The minimum absolute atomic E-state index is 0.387. The molecule has 1 N–H and O–H groups in total. The van der Waals surface area contributed by atoms with E-state index in [0.29, 0.717) is 17.1 Å². The van der Waals surface area contributed by atoms with Crippen molar-refractivity contribution in [1.82, 2.24) is 5.32 Å². The van der Waals surface area contributed by atoms with Crippen molar-refractivity contribution in [2.24, 2.45) is 11.3 Å². The standard InChI is InChI=1S/C8H13NO.C2H6/c1-6(10)7-2-8(3-7)4-9-5-8;1-2/h7,9H,2-5H2,1H3;1-2H3. The monoisotopic (exact) mass is 169 g/mol. The third kappa shape index (κ3) is 1.53. The van der Waals surface area contributed by atoms with Gasteiger partial charge in [-0.05, 0) is 25.2 Å². The van der Waals surface area contributed by atoms with Crippen LogP contribution in [0.25, 0.3) is 0 Å². The van der Waals surface area contributed by atoms with E-state index in [2.05, 4.69) is 5.32 Å². The molecule has 1 aliphatic heterocycles. The Bertz CT molecular complexity index is 165. The zero-order valence-electron chi connectivity index (χ0n) is 8.31. The molecule has 2 heteroatoms. The first-order chi connectivity index (χ1) is 5.72. The van der Waals surface area contributed by atoms with Crippen LogP contribution in [0, 0.1) is 11.3 Å². The second-order valence-corrected chi connectivity index (χ2v) is 3.82. The van der Waals surface area contributed by atoms with E-state index < -0.39 is 0 Å². The maximum absolute atomic E-state index is 10.8. The highest BCUT2D eigenvalue weighted by Crippen LogP contribution is 2.48. The molecular weight excluding hydrogens is 150 g/mol. The minimum atomic E-state index is 0.387. The highest BCUT2D eigenvalue weighted by Gasteiger charge is 2.49. The Morgan fingerprint density at radius 2 is 1.83 bits per heavy atom. The number of nitrogens with one attached hydrogen (secondary N) is 1. The molecule has 2 fully saturated rings. The molecule has 0 amide bonds. The summed E-state index contributed by atoms with van der Waals surface area (Å²) in [6.45, 7) is 8.01. The van der Waals surface area contributed by atoms with Crippen LogP contribution in [0.1, 0.15) is 33.6 Å². The van der Waals surface area contributed by atoms with Crippen molar-refractivity contribution in [3.63, 3.8) is 0 Å². The van der Waals surface area contributed by atoms with Gasteiger partial charge >= 0.3 is 0 Å². The van der Waals surface area contributed by atoms with Crippen molar-refractivity contribution in [3.8, 4) is 0 Å². The summed E-state index contributed by atoms with van der Waals surface area (Å²) in [4.78, 5) is 10.8. The highest BCUT2D eigenvalue weighted by atomic mass is 16.1. The second-order valence-electron chi connectivity index (χ2n) is 3.82. The van der Waals surface area contributed by atoms with Gasteiger partial charge in [-0.3, -0.25) is 4.79 Å². The predicted molar refractivity (Wildman–Crippen MR) is 50.1 cm³/mol. The van der Waals surface area contributed by atoms with Gasteiger partial charge in [0.05, 0.1) is 0 Å². The molecule has 1 spiro atoms. The van der Waals surface area contributed by atoms with Crippen LogP contribution < -0.4 is 5.32 Å². The first kappa shape index (κ1) is 9.72. The van der Waals surface area contributed by atoms with E-state index >= 15 is 0 Å². The molecule has 0 bridgehead atoms. The van der Waals surface area contributed by atoms with Gasteiger partial charge in [0.1, 0.15) is 5.78 Å². The zero-order valence-corrected chi connectivity index (χ0v) is 8.31. The third-order valence-corrected chi connectivity index (χ3v) is 2.93. The van der Waals surface area contributed by atoms with Crippen molar-refractivity contribution < 1.29 is 4.79 Å². The average Bonchev–Trinajstić information content (AvgIpc) is 1.85. The molecule has 2 aliphatic rings. The van der Waals surface area contributed by atoms with Gasteiger partial charge in [-0.2, -0.15) is 0 Å². The summed E-state index contributed by atoms with van der Waals surface area (Å²) in [7, 11) is 0. The van der Waals surface area contributed by atoms with Gasteiger partial charge in [-0.25, -0.2) is 0 Å². The van der Waals surface area contributed by atoms with Gasteiger partial charge in [0.25, 0.3) is 0 Å². The lowest BCUT2D eigenvalue weighted by atomic mass is 9.58. The summed E-state index contributed by atoms with van der Waals surface area (Å²) < 4.78 is 0. The average molecular weight is 169 g/mol. The van der Waals surface area contributed by atoms with Crippen LogP contribution in [0.5, 0.6) is 0 Å². The van der Waals surface area contributed by atoms with Gasteiger partial charge in [0.15, 0.2) is 0 Å². The van der Waals surface area contributed by atoms with Crippen LogP contribution in [-0.2, 0) is 4.79 Å². The Morgan fingerprint density at radius 3 is 2.08 bits per heavy atom. The van der Waals surface area contributed by atoms with Crippen molar-refractivity contribution in [2.75, 3.05) is 13.1 Å². The minimum Gasteiger partial charge on any atom is -0.316 e. The van der Waals surface area contributed by atoms with Crippen LogP contribution in [0.2, 0.25) is 0 Å². The number of hydrogen-bond donors (Lipinski definition) is 1. The van der Waals surface area contributed by atoms with Gasteiger partial charge in [0.2, 0.25) is 0 Å². The molecule has 0 atom stereocenters. The molecule has 0 aromatic heterocycles. The van der Waals surface area contributed by atoms with Crippen LogP contribution in [-0.4, -0.2) is 18.9 Å². The van der Waals surface area contributed by atoms with E-state index in [1.165, 1.54) is 0 Å². The molecule has 0 unspecified atom stereocenters. The molecule has 2 rings (SSSR count). The first-order valence-electron chi connectivity index (χ1n) is 4.93. The van der Waals surface area contributed by atoms with E-state index in [4.69, 9.17) is 0 Å². The van der Waals surface area contributed by atoms with Crippen molar-refractivity contribution in [2.45, 2.75) is 33.6 Å². The summed E-state index contributed by atoms with van der Waals surface area (Å²) in [5, 5.41) is 3.25. The maximum Gasteiger partial charge on any atom is 0.132 e. The first-order valence-corrected chi connectivity index (χ1v) is 4.93. The molecular formula is C10H19NO. The van der Waals surface area contributed by atoms with Crippen molar-refractivity contribution in [3.05, 3.63) is 0 Å². The molecule has 70 valence electrons. The largest absolute Gasteiger partial charge is 0.316 e. The number of rotatable bonds is 1. The van der Waals surface area contributed by atoms with Crippen LogP contribution >= 0.6 is 0 Å². The Kier molecular flexibility index (Phi) is 2.89. The molecule has 0 radical (unpaired) electrons. The molecule has 0 aromatic rings. The fourth-order valence-corrected chi connectivity index (χ4v) is 2.04. The van der Waals surface area contributed by atoms with E-state index in [9.17, 15) is 4.79 Å². The van der Waals surface area contributed by atoms with Gasteiger partial charge in [0, 0.05) is 19.0 Å². The molecule has 12 heavy (non-hydrogen) atoms. The normalized spacial score (nSPS) is 24.9. The number of carbonyl (C=O) groups is 1. The van der Waals surface area contributed by atoms with Crippen LogP contribution in [0.4, 0.5) is 0 Å². The fourth-order valence-electron chi connectivity index (χ4n) is 2.04. The summed E-state index contributed by atoms with van der Waals surface area (Å²) in [6, 6.07) is 0. The number of hydrogen-bond acceptors (Lipinski definition) is 2. The third-order valence-electron chi connectivity index (χ3n) is 2.93. The molecule has 1 saturated heterocycles. The Labute approximate surface area is 74.7 Å². The fraction of sp³-hybridized carbons (Fsp3) is 0.900. The van der Waals surface area contributed by atoms with Gasteiger partial charge in [-0.1, -0.05) is 13.8 Å². The number of carbonyl (C=O) groups excluding carboxylic acids is 1. The lowest BCUT2D eigenvalue weighted by molar-refractivity contribution is -0.130. The van der Waals surface area contributed by atoms with Crippen LogP contribution in [0.3, 0.4) is 0 Å². The predicted octanol–water partition coefficient (Wildman–Crippen LogP) is 1.60. The second kappa shape index (κ2) is 3.56. The van der Waals surface area contributed by atoms with Crippen molar-refractivity contribution >= 4 is 5.78 Å². The zero-order chi connectivity index (χ0) is 9.19. The molecule has 2 nitrogen and oxygen atoms in total. The van der Waals surface area contributed by atoms with E-state index in [1.54, 1.807) is 6.92 Å². The number of Topliss-reactive ketones (excluding diaryl/α,β-unsaturated/α-hetero) is 1. The van der Waals surface area contributed by atoms with Crippen LogP contribution in [0.15, 0.2) is 0 Å². The van der Waals surface area contributed by atoms with E-state index in [0.717, 1.165) is 25.9 Å². The quantitative estimate of drug-likeness (QED) is 0.646.